The van der Waals surface area contributed by atoms with Crippen molar-refractivity contribution in [3.63, 3.8) is 0 Å². The molecule has 0 bridgehead atoms. The van der Waals surface area contributed by atoms with Crippen LogP contribution >= 0.6 is 0 Å². The molecule has 0 unspecified atom stereocenters. The molecule has 1 heterocycles. The van der Waals surface area contributed by atoms with E-state index >= 15 is 0 Å². The van der Waals surface area contributed by atoms with Gasteiger partial charge in [-0.3, -0.25) is 4.79 Å². The predicted octanol–water partition coefficient (Wildman–Crippen LogP) is 1.02. The standard InChI is InChI=1S/C12H24N2O2/c1-2-16-12(15)6-8-13-7-5-11-14-9-3-4-10-14/h13H,2-11H2,1H3. The van der Waals surface area contributed by atoms with E-state index in [0.29, 0.717) is 13.0 Å². The van der Waals surface area contributed by atoms with Crippen molar-refractivity contribution in [3.05, 3.63) is 0 Å². The molecule has 1 saturated heterocycles. The Labute approximate surface area is 98.3 Å². The summed E-state index contributed by atoms with van der Waals surface area (Å²) in [6.07, 6.45) is 4.37. The van der Waals surface area contributed by atoms with Crippen LogP contribution in [0.4, 0.5) is 0 Å². The second-order valence-electron chi connectivity index (χ2n) is 4.21. The zero-order valence-electron chi connectivity index (χ0n) is 10.3. The molecule has 0 aromatic heterocycles. The number of ether oxygens (including phenoxy) is 1. The fraction of sp³-hybridized carbons (Fsp3) is 0.917. The van der Waals surface area contributed by atoms with Crippen LogP contribution in [0.3, 0.4) is 0 Å². The van der Waals surface area contributed by atoms with Crippen molar-refractivity contribution >= 4 is 5.97 Å². The average molecular weight is 228 g/mol. The molecule has 0 aromatic carbocycles. The molecular formula is C12H24N2O2. The SMILES string of the molecule is CCOC(=O)CCNCCCN1CCCC1. The highest BCUT2D eigenvalue weighted by Crippen LogP contribution is 2.06. The maximum atomic E-state index is 11.0. The van der Waals surface area contributed by atoms with Crippen LogP contribution in [0.1, 0.15) is 32.6 Å². The molecule has 0 spiro atoms. The monoisotopic (exact) mass is 228 g/mol. The predicted molar refractivity (Wildman–Crippen MR) is 64.4 cm³/mol. The number of nitrogens with one attached hydrogen (secondary N) is 1. The van der Waals surface area contributed by atoms with Gasteiger partial charge in [0, 0.05) is 6.54 Å². The van der Waals surface area contributed by atoms with E-state index in [1.807, 2.05) is 6.92 Å². The van der Waals surface area contributed by atoms with Crippen LogP contribution in [0, 0.1) is 0 Å². The number of rotatable bonds is 8. The lowest BCUT2D eigenvalue weighted by Crippen LogP contribution is -2.26. The van der Waals surface area contributed by atoms with Crippen LogP contribution in [0.5, 0.6) is 0 Å². The molecule has 0 aromatic rings. The molecule has 1 N–H and O–H groups in total. The summed E-state index contributed by atoms with van der Waals surface area (Å²) in [5, 5.41) is 3.27. The molecule has 16 heavy (non-hydrogen) atoms. The fourth-order valence-electron chi connectivity index (χ4n) is 1.98. The maximum absolute atomic E-state index is 11.0. The van der Waals surface area contributed by atoms with Gasteiger partial charge in [0.2, 0.25) is 0 Å². The third-order valence-electron chi connectivity index (χ3n) is 2.84. The van der Waals surface area contributed by atoms with E-state index in [-0.39, 0.29) is 5.97 Å². The van der Waals surface area contributed by atoms with Crippen LogP contribution in [0.15, 0.2) is 0 Å². The van der Waals surface area contributed by atoms with Gasteiger partial charge < -0.3 is 15.0 Å². The van der Waals surface area contributed by atoms with Crippen molar-refractivity contribution in [3.8, 4) is 0 Å². The van der Waals surface area contributed by atoms with Gasteiger partial charge in [-0.2, -0.15) is 0 Å². The van der Waals surface area contributed by atoms with E-state index in [1.165, 1.54) is 38.9 Å². The van der Waals surface area contributed by atoms with Gasteiger partial charge in [0.15, 0.2) is 0 Å². The van der Waals surface area contributed by atoms with Crippen molar-refractivity contribution in [1.29, 1.82) is 0 Å². The third kappa shape index (κ3) is 6.08. The summed E-state index contributed by atoms with van der Waals surface area (Å²) in [6.45, 7) is 7.77. The first kappa shape index (κ1) is 13.5. The lowest BCUT2D eigenvalue weighted by molar-refractivity contribution is -0.142. The molecule has 1 aliphatic rings. The maximum Gasteiger partial charge on any atom is 0.307 e. The molecule has 1 aliphatic heterocycles. The molecule has 4 heteroatoms. The summed E-state index contributed by atoms with van der Waals surface area (Å²) in [5.74, 6) is -0.102. The highest BCUT2D eigenvalue weighted by Gasteiger charge is 2.09. The number of hydrogen-bond donors (Lipinski definition) is 1. The van der Waals surface area contributed by atoms with Crippen LogP contribution < -0.4 is 5.32 Å². The minimum Gasteiger partial charge on any atom is -0.466 e. The smallest absolute Gasteiger partial charge is 0.307 e. The van der Waals surface area contributed by atoms with Gasteiger partial charge in [-0.25, -0.2) is 0 Å². The molecule has 0 aliphatic carbocycles. The van der Waals surface area contributed by atoms with Crippen LogP contribution in [0.25, 0.3) is 0 Å². The Balaban J connectivity index is 1.82. The Bertz CT molecular complexity index is 191. The average Bonchev–Trinajstić information content (AvgIpc) is 2.76. The van der Waals surface area contributed by atoms with Crippen molar-refractivity contribution in [2.75, 3.05) is 39.3 Å². The summed E-state index contributed by atoms with van der Waals surface area (Å²) < 4.78 is 4.84. The number of carbonyl (C=O) groups is 1. The molecule has 0 atom stereocenters. The Morgan fingerprint density at radius 2 is 2.06 bits per heavy atom. The van der Waals surface area contributed by atoms with Gasteiger partial charge in [0.1, 0.15) is 0 Å². The van der Waals surface area contributed by atoms with Crippen molar-refractivity contribution in [2.24, 2.45) is 0 Å². The van der Waals surface area contributed by atoms with E-state index in [2.05, 4.69) is 10.2 Å². The lowest BCUT2D eigenvalue weighted by Gasteiger charge is -2.14. The van der Waals surface area contributed by atoms with E-state index in [9.17, 15) is 4.79 Å². The topological polar surface area (TPSA) is 41.6 Å². The minimum atomic E-state index is -0.102. The van der Waals surface area contributed by atoms with Gasteiger partial charge >= 0.3 is 5.97 Å². The molecule has 0 saturated carbocycles. The first-order chi connectivity index (χ1) is 7.83. The molecule has 1 rings (SSSR count). The van der Waals surface area contributed by atoms with E-state index < -0.39 is 0 Å². The quantitative estimate of drug-likeness (QED) is 0.497. The zero-order valence-corrected chi connectivity index (χ0v) is 10.3. The first-order valence-corrected chi connectivity index (χ1v) is 6.41. The van der Waals surface area contributed by atoms with E-state index in [0.717, 1.165) is 13.1 Å². The molecule has 0 amide bonds. The molecule has 0 radical (unpaired) electrons. The van der Waals surface area contributed by atoms with Crippen molar-refractivity contribution in [1.82, 2.24) is 10.2 Å². The summed E-state index contributed by atoms with van der Waals surface area (Å²) in [5.41, 5.74) is 0. The van der Waals surface area contributed by atoms with Crippen LogP contribution in [-0.2, 0) is 9.53 Å². The second-order valence-corrected chi connectivity index (χ2v) is 4.21. The Morgan fingerprint density at radius 3 is 2.75 bits per heavy atom. The summed E-state index contributed by atoms with van der Waals surface area (Å²) in [4.78, 5) is 13.5. The number of hydrogen-bond acceptors (Lipinski definition) is 4. The van der Waals surface area contributed by atoms with Crippen LogP contribution in [-0.4, -0.2) is 50.2 Å². The highest BCUT2D eigenvalue weighted by molar-refractivity contribution is 5.69. The molecular weight excluding hydrogens is 204 g/mol. The Hall–Kier alpha value is -0.610. The Morgan fingerprint density at radius 1 is 1.31 bits per heavy atom. The minimum absolute atomic E-state index is 0.102. The van der Waals surface area contributed by atoms with Gasteiger partial charge in [-0.1, -0.05) is 0 Å². The number of likely N-dealkylation sites (tertiary alicyclic amines) is 1. The van der Waals surface area contributed by atoms with Gasteiger partial charge in [0.25, 0.3) is 0 Å². The highest BCUT2D eigenvalue weighted by atomic mass is 16.5. The molecule has 4 nitrogen and oxygen atoms in total. The van der Waals surface area contributed by atoms with Gasteiger partial charge in [-0.05, 0) is 52.4 Å². The largest absolute Gasteiger partial charge is 0.466 e. The summed E-state index contributed by atoms with van der Waals surface area (Å²) in [6, 6.07) is 0. The summed E-state index contributed by atoms with van der Waals surface area (Å²) in [7, 11) is 0. The summed E-state index contributed by atoms with van der Waals surface area (Å²) >= 11 is 0. The van der Waals surface area contributed by atoms with Crippen molar-refractivity contribution < 1.29 is 9.53 Å². The first-order valence-electron chi connectivity index (χ1n) is 6.41. The molecule has 1 fully saturated rings. The van der Waals surface area contributed by atoms with Crippen LogP contribution in [0.2, 0.25) is 0 Å². The zero-order chi connectivity index (χ0) is 11.6. The van der Waals surface area contributed by atoms with E-state index in [4.69, 9.17) is 4.74 Å². The van der Waals surface area contributed by atoms with Gasteiger partial charge in [0.05, 0.1) is 13.0 Å². The number of carbonyl (C=O) groups excluding carboxylic acids is 1. The number of nitrogens with zero attached hydrogens (tertiary/aromatic N) is 1. The number of esters is 1. The van der Waals surface area contributed by atoms with E-state index in [1.54, 1.807) is 0 Å². The Kier molecular flexibility index (Phi) is 7.17. The normalized spacial score (nSPS) is 16.6. The van der Waals surface area contributed by atoms with Gasteiger partial charge in [-0.15, -0.1) is 0 Å². The molecule has 94 valence electrons. The fourth-order valence-corrected chi connectivity index (χ4v) is 1.98. The lowest BCUT2D eigenvalue weighted by atomic mass is 10.3. The van der Waals surface area contributed by atoms with Crippen molar-refractivity contribution in [2.45, 2.75) is 32.6 Å². The third-order valence-corrected chi connectivity index (χ3v) is 2.84. The second kappa shape index (κ2) is 8.53.